The zero-order valence-electron chi connectivity index (χ0n) is 12.4. The average Bonchev–Trinajstić information content (AvgIpc) is 2.46. The molecule has 2 rings (SSSR count). The molecule has 1 aliphatic heterocycles. The molecule has 1 heterocycles. The highest BCUT2D eigenvalue weighted by Gasteiger charge is 2.49. The molecule has 104 valence electrons. The third-order valence-electron chi connectivity index (χ3n) is 5.13. The Bertz CT molecular complexity index is 338. The molecule has 18 heavy (non-hydrogen) atoms. The zero-order valence-corrected chi connectivity index (χ0v) is 12.4. The summed E-state index contributed by atoms with van der Waals surface area (Å²) >= 11 is 0. The van der Waals surface area contributed by atoms with E-state index in [1.807, 2.05) is 11.8 Å². The third-order valence-corrected chi connectivity index (χ3v) is 5.13. The van der Waals surface area contributed by atoms with E-state index in [1.54, 1.807) is 0 Å². The molecule has 2 atom stereocenters. The van der Waals surface area contributed by atoms with Crippen molar-refractivity contribution in [2.75, 3.05) is 20.6 Å². The summed E-state index contributed by atoms with van der Waals surface area (Å²) < 4.78 is 0. The first-order valence-corrected chi connectivity index (χ1v) is 7.11. The van der Waals surface area contributed by atoms with Crippen LogP contribution in [0.4, 0.5) is 0 Å². The minimum Gasteiger partial charge on any atom is -0.324 e. The van der Waals surface area contributed by atoms with E-state index in [2.05, 4.69) is 38.2 Å². The normalized spacial score (nSPS) is 35.1. The fraction of sp³-hybridized carbons (Fsp3) is 0.929. The van der Waals surface area contributed by atoms with Gasteiger partial charge in [0.2, 0.25) is 5.91 Å². The van der Waals surface area contributed by atoms with Gasteiger partial charge in [-0.05, 0) is 53.6 Å². The smallest absolute Gasteiger partial charge is 0.243 e. The van der Waals surface area contributed by atoms with Gasteiger partial charge < -0.3 is 9.80 Å². The van der Waals surface area contributed by atoms with Crippen molar-refractivity contribution in [3.8, 4) is 0 Å². The Balaban J connectivity index is 2.12. The van der Waals surface area contributed by atoms with E-state index in [1.165, 1.54) is 19.3 Å². The van der Waals surface area contributed by atoms with Crippen molar-refractivity contribution < 1.29 is 4.79 Å². The molecule has 2 aliphatic rings. The molecule has 0 radical (unpaired) electrons. The first kappa shape index (κ1) is 13.8. The van der Waals surface area contributed by atoms with Gasteiger partial charge in [-0.2, -0.15) is 0 Å². The molecule has 0 aromatic heterocycles. The minimum atomic E-state index is -0.364. The van der Waals surface area contributed by atoms with E-state index < -0.39 is 0 Å². The summed E-state index contributed by atoms with van der Waals surface area (Å²) in [5.74, 6) is 0.269. The molecule has 1 saturated carbocycles. The summed E-state index contributed by atoms with van der Waals surface area (Å²) in [6.07, 6.45) is 4.70. The number of hydrogen-bond acceptors (Lipinski definition) is 3. The minimum absolute atomic E-state index is 0.153. The second-order valence-electron chi connectivity index (χ2n) is 6.41. The van der Waals surface area contributed by atoms with Crippen LogP contribution in [0.2, 0.25) is 0 Å². The lowest BCUT2D eigenvalue weighted by Gasteiger charge is -2.49. The third kappa shape index (κ3) is 1.95. The highest BCUT2D eigenvalue weighted by Crippen LogP contribution is 2.38. The SMILES string of the molecule is CCC1(C)NC(C)N(CC2(N(C)C)CCC2)C1=O. The zero-order chi connectivity index (χ0) is 13.6. The first-order valence-electron chi connectivity index (χ1n) is 7.11. The van der Waals surface area contributed by atoms with Crippen LogP contribution in [-0.2, 0) is 4.79 Å². The van der Waals surface area contributed by atoms with E-state index in [4.69, 9.17) is 0 Å². The molecule has 1 aliphatic carbocycles. The highest BCUT2D eigenvalue weighted by molar-refractivity contribution is 5.88. The molecule has 0 aromatic rings. The number of amides is 1. The molecule has 2 fully saturated rings. The van der Waals surface area contributed by atoms with E-state index in [0.717, 1.165) is 13.0 Å². The lowest BCUT2D eigenvalue weighted by Crippen LogP contribution is -2.59. The summed E-state index contributed by atoms with van der Waals surface area (Å²) in [4.78, 5) is 16.9. The number of nitrogens with zero attached hydrogens (tertiary/aromatic N) is 2. The number of rotatable bonds is 4. The van der Waals surface area contributed by atoms with E-state index in [0.29, 0.717) is 0 Å². The summed E-state index contributed by atoms with van der Waals surface area (Å²) in [5.41, 5.74) is -0.152. The van der Waals surface area contributed by atoms with E-state index in [-0.39, 0.29) is 23.2 Å². The Hall–Kier alpha value is -0.610. The molecule has 1 amide bonds. The molecule has 2 unspecified atom stereocenters. The number of likely N-dealkylation sites (N-methyl/N-ethyl adjacent to an activating group) is 1. The van der Waals surface area contributed by atoms with Crippen LogP contribution in [0.5, 0.6) is 0 Å². The predicted molar refractivity (Wildman–Crippen MR) is 73.3 cm³/mol. The first-order chi connectivity index (χ1) is 8.34. The molecule has 4 heteroatoms. The molecule has 1 N–H and O–H groups in total. The van der Waals surface area contributed by atoms with Gasteiger partial charge in [0.1, 0.15) is 0 Å². The van der Waals surface area contributed by atoms with Crippen LogP contribution < -0.4 is 5.32 Å². The van der Waals surface area contributed by atoms with Crippen LogP contribution in [0.25, 0.3) is 0 Å². The van der Waals surface area contributed by atoms with Crippen LogP contribution in [0.1, 0.15) is 46.5 Å². The van der Waals surface area contributed by atoms with Gasteiger partial charge in [0.15, 0.2) is 0 Å². The summed E-state index contributed by atoms with van der Waals surface area (Å²) in [7, 11) is 4.27. The van der Waals surface area contributed by atoms with Crippen molar-refractivity contribution in [3.05, 3.63) is 0 Å². The van der Waals surface area contributed by atoms with Gasteiger partial charge in [-0.25, -0.2) is 0 Å². The Labute approximate surface area is 111 Å². The lowest BCUT2D eigenvalue weighted by atomic mass is 9.75. The van der Waals surface area contributed by atoms with Crippen molar-refractivity contribution >= 4 is 5.91 Å². The molecular weight excluding hydrogens is 226 g/mol. The Morgan fingerprint density at radius 2 is 2.06 bits per heavy atom. The van der Waals surface area contributed by atoms with Crippen LogP contribution >= 0.6 is 0 Å². The van der Waals surface area contributed by atoms with Crippen molar-refractivity contribution in [3.63, 3.8) is 0 Å². The second kappa shape index (κ2) is 4.49. The molecule has 4 nitrogen and oxygen atoms in total. The van der Waals surface area contributed by atoms with Crippen LogP contribution in [0.15, 0.2) is 0 Å². The maximum atomic E-state index is 12.6. The highest BCUT2D eigenvalue weighted by atomic mass is 16.2. The average molecular weight is 253 g/mol. The topological polar surface area (TPSA) is 35.6 Å². The van der Waals surface area contributed by atoms with Gasteiger partial charge in [-0.3, -0.25) is 10.1 Å². The quantitative estimate of drug-likeness (QED) is 0.823. The molecule has 0 aromatic carbocycles. The molecular formula is C14H27N3O. The van der Waals surface area contributed by atoms with Crippen LogP contribution in [-0.4, -0.2) is 53.6 Å². The van der Waals surface area contributed by atoms with Crippen molar-refractivity contribution in [1.82, 2.24) is 15.1 Å². The van der Waals surface area contributed by atoms with Crippen molar-refractivity contribution in [2.24, 2.45) is 0 Å². The summed E-state index contributed by atoms with van der Waals surface area (Å²) in [6.45, 7) is 7.06. The fourth-order valence-corrected chi connectivity index (χ4v) is 3.20. The van der Waals surface area contributed by atoms with Gasteiger partial charge in [-0.1, -0.05) is 6.92 Å². The molecule has 0 spiro atoms. The maximum Gasteiger partial charge on any atom is 0.243 e. The van der Waals surface area contributed by atoms with Crippen LogP contribution in [0.3, 0.4) is 0 Å². The van der Waals surface area contributed by atoms with Crippen molar-refractivity contribution in [1.29, 1.82) is 0 Å². The summed E-state index contributed by atoms with van der Waals surface area (Å²) in [5, 5.41) is 3.45. The molecule has 0 bridgehead atoms. The van der Waals surface area contributed by atoms with Gasteiger partial charge >= 0.3 is 0 Å². The number of hydrogen-bond donors (Lipinski definition) is 1. The Morgan fingerprint density at radius 1 is 1.44 bits per heavy atom. The van der Waals surface area contributed by atoms with E-state index in [9.17, 15) is 4.79 Å². The predicted octanol–water partition coefficient (Wildman–Crippen LogP) is 1.42. The second-order valence-corrected chi connectivity index (χ2v) is 6.41. The van der Waals surface area contributed by atoms with E-state index >= 15 is 0 Å². The molecule has 1 saturated heterocycles. The monoisotopic (exact) mass is 253 g/mol. The van der Waals surface area contributed by atoms with Gasteiger partial charge in [0.05, 0.1) is 11.7 Å². The van der Waals surface area contributed by atoms with Gasteiger partial charge in [0.25, 0.3) is 0 Å². The summed E-state index contributed by atoms with van der Waals surface area (Å²) in [6, 6.07) is 0. The maximum absolute atomic E-state index is 12.6. The Kier molecular flexibility index (Phi) is 3.45. The number of carbonyl (C=O) groups is 1. The Morgan fingerprint density at radius 3 is 2.39 bits per heavy atom. The number of carbonyl (C=O) groups excluding carboxylic acids is 1. The lowest BCUT2D eigenvalue weighted by molar-refractivity contribution is -0.135. The largest absolute Gasteiger partial charge is 0.324 e. The number of nitrogens with one attached hydrogen (secondary N) is 1. The van der Waals surface area contributed by atoms with Gasteiger partial charge in [-0.15, -0.1) is 0 Å². The van der Waals surface area contributed by atoms with Gasteiger partial charge in [0, 0.05) is 12.1 Å². The van der Waals surface area contributed by atoms with Crippen LogP contribution in [0, 0.1) is 0 Å². The fourth-order valence-electron chi connectivity index (χ4n) is 3.20. The standard InChI is InChI=1S/C14H27N3O/c1-6-13(3)12(18)17(11(2)15-13)10-14(16(4)5)8-7-9-14/h11,15H,6-10H2,1-5H3. The van der Waals surface area contributed by atoms with Crippen molar-refractivity contribution in [2.45, 2.75) is 63.7 Å².